The van der Waals surface area contributed by atoms with Gasteiger partial charge in [-0.1, -0.05) is 25.1 Å². The van der Waals surface area contributed by atoms with E-state index in [9.17, 15) is 0 Å². The minimum Gasteiger partial charge on any atom is -0.459 e. The average molecular weight is 275 g/mol. The molecule has 1 aromatic carbocycles. The summed E-state index contributed by atoms with van der Waals surface area (Å²) in [4.78, 5) is 0. The molecule has 20 heavy (non-hydrogen) atoms. The highest BCUT2D eigenvalue weighted by Gasteiger charge is 2.16. The van der Waals surface area contributed by atoms with Crippen molar-refractivity contribution in [2.24, 2.45) is 0 Å². The molecule has 1 heterocycles. The van der Waals surface area contributed by atoms with E-state index in [-0.39, 0.29) is 5.54 Å². The summed E-state index contributed by atoms with van der Waals surface area (Å²) in [6.45, 7) is 10.7. The van der Waals surface area contributed by atoms with Gasteiger partial charge in [0.1, 0.15) is 11.3 Å². The Hall–Kier alpha value is -1.32. The molecule has 2 rings (SSSR count). The van der Waals surface area contributed by atoms with Gasteiger partial charge in [-0.05, 0) is 33.3 Å². The standard InChI is InChI=1S/C17H25NO2/c1-5-10-19-12-14-13-8-6-7-9-15(13)20-16(14)11-18-17(2,3)4/h6-9,18H,5,10-12H2,1-4H3. The minimum atomic E-state index is 0.0700. The predicted octanol–water partition coefficient (Wildman–Crippen LogP) is 4.25. The molecule has 0 amide bonds. The summed E-state index contributed by atoms with van der Waals surface area (Å²) in [5.41, 5.74) is 2.18. The van der Waals surface area contributed by atoms with E-state index in [0.717, 1.165) is 36.3 Å². The summed E-state index contributed by atoms with van der Waals surface area (Å²) in [6, 6.07) is 8.16. The SMILES string of the molecule is CCCOCc1c(CNC(C)(C)C)oc2ccccc12. The zero-order valence-electron chi connectivity index (χ0n) is 13.0. The molecule has 0 aliphatic heterocycles. The van der Waals surface area contributed by atoms with Crippen LogP contribution in [-0.4, -0.2) is 12.1 Å². The van der Waals surface area contributed by atoms with Crippen molar-refractivity contribution in [2.45, 2.75) is 52.8 Å². The molecule has 3 heteroatoms. The topological polar surface area (TPSA) is 34.4 Å². The van der Waals surface area contributed by atoms with E-state index >= 15 is 0 Å². The van der Waals surface area contributed by atoms with Gasteiger partial charge in [0.15, 0.2) is 0 Å². The third kappa shape index (κ3) is 3.84. The maximum Gasteiger partial charge on any atom is 0.134 e. The van der Waals surface area contributed by atoms with Crippen LogP contribution in [-0.2, 0) is 17.9 Å². The fourth-order valence-electron chi connectivity index (χ4n) is 2.11. The third-order valence-corrected chi connectivity index (χ3v) is 3.16. The lowest BCUT2D eigenvalue weighted by atomic mass is 10.1. The van der Waals surface area contributed by atoms with Crippen LogP contribution in [0.15, 0.2) is 28.7 Å². The van der Waals surface area contributed by atoms with Crippen LogP contribution in [0, 0.1) is 0 Å². The first kappa shape index (κ1) is 15.1. The number of benzene rings is 1. The van der Waals surface area contributed by atoms with E-state index in [2.05, 4.69) is 39.1 Å². The van der Waals surface area contributed by atoms with Crippen molar-refractivity contribution >= 4 is 11.0 Å². The zero-order chi connectivity index (χ0) is 14.6. The number of rotatable bonds is 6. The van der Waals surface area contributed by atoms with E-state index in [1.807, 2.05) is 18.2 Å². The van der Waals surface area contributed by atoms with Crippen molar-refractivity contribution in [3.05, 3.63) is 35.6 Å². The second kappa shape index (κ2) is 6.42. The third-order valence-electron chi connectivity index (χ3n) is 3.16. The smallest absolute Gasteiger partial charge is 0.134 e. The highest BCUT2D eigenvalue weighted by Crippen LogP contribution is 2.27. The molecule has 1 aromatic heterocycles. The summed E-state index contributed by atoms with van der Waals surface area (Å²) >= 11 is 0. The molecule has 0 radical (unpaired) electrons. The van der Waals surface area contributed by atoms with E-state index in [1.165, 1.54) is 5.56 Å². The molecule has 110 valence electrons. The monoisotopic (exact) mass is 275 g/mol. The Balaban J connectivity index is 2.24. The van der Waals surface area contributed by atoms with Gasteiger partial charge in [0, 0.05) is 23.1 Å². The molecule has 1 N–H and O–H groups in total. The molecule has 0 fully saturated rings. The Morgan fingerprint density at radius 3 is 2.65 bits per heavy atom. The molecule has 0 atom stereocenters. The van der Waals surface area contributed by atoms with Crippen LogP contribution < -0.4 is 5.32 Å². The molecular formula is C17H25NO2. The number of para-hydroxylation sites is 1. The molecule has 0 aliphatic carbocycles. The highest BCUT2D eigenvalue weighted by atomic mass is 16.5. The van der Waals surface area contributed by atoms with Crippen molar-refractivity contribution in [3.8, 4) is 0 Å². The summed E-state index contributed by atoms with van der Waals surface area (Å²) in [5, 5.41) is 4.64. The zero-order valence-corrected chi connectivity index (χ0v) is 13.0. The predicted molar refractivity (Wildman–Crippen MR) is 82.8 cm³/mol. The van der Waals surface area contributed by atoms with Crippen LogP contribution in [0.3, 0.4) is 0 Å². The number of furan rings is 1. The summed E-state index contributed by atoms with van der Waals surface area (Å²) < 4.78 is 11.7. The quantitative estimate of drug-likeness (QED) is 0.800. The molecule has 0 unspecified atom stereocenters. The molecule has 0 spiro atoms. The van der Waals surface area contributed by atoms with E-state index in [1.54, 1.807) is 0 Å². The first-order valence-corrected chi connectivity index (χ1v) is 7.33. The van der Waals surface area contributed by atoms with Crippen LogP contribution in [0.2, 0.25) is 0 Å². The van der Waals surface area contributed by atoms with Gasteiger partial charge in [0.05, 0.1) is 13.2 Å². The van der Waals surface area contributed by atoms with Crippen molar-refractivity contribution in [2.75, 3.05) is 6.61 Å². The Bertz CT molecular complexity index is 552. The van der Waals surface area contributed by atoms with Gasteiger partial charge in [-0.2, -0.15) is 0 Å². The van der Waals surface area contributed by atoms with Crippen molar-refractivity contribution in [3.63, 3.8) is 0 Å². The molecular weight excluding hydrogens is 250 g/mol. The molecule has 2 aromatic rings. The number of nitrogens with one attached hydrogen (secondary N) is 1. The van der Waals surface area contributed by atoms with Crippen LogP contribution >= 0.6 is 0 Å². The first-order valence-electron chi connectivity index (χ1n) is 7.33. The van der Waals surface area contributed by atoms with Crippen LogP contribution in [0.5, 0.6) is 0 Å². The van der Waals surface area contributed by atoms with E-state index in [0.29, 0.717) is 6.61 Å². The normalized spacial score (nSPS) is 12.2. The average Bonchev–Trinajstić information content (AvgIpc) is 2.74. The Labute approximate surface area is 121 Å². The van der Waals surface area contributed by atoms with Crippen LogP contribution in [0.1, 0.15) is 45.4 Å². The summed E-state index contributed by atoms with van der Waals surface area (Å²) in [7, 11) is 0. The van der Waals surface area contributed by atoms with Gasteiger partial charge in [-0.25, -0.2) is 0 Å². The Morgan fingerprint density at radius 2 is 1.95 bits per heavy atom. The summed E-state index contributed by atoms with van der Waals surface area (Å²) in [5.74, 6) is 0.984. The molecule has 0 saturated carbocycles. The van der Waals surface area contributed by atoms with Crippen LogP contribution in [0.4, 0.5) is 0 Å². The number of hydrogen-bond donors (Lipinski definition) is 1. The number of hydrogen-bond acceptors (Lipinski definition) is 3. The van der Waals surface area contributed by atoms with Crippen LogP contribution in [0.25, 0.3) is 11.0 Å². The summed E-state index contributed by atoms with van der Waals surface area (Å²) in [6.07, 6.45) is 1.03. The molecule has 0 saturated heterocycles. The maximum atomic E-state index is 5.98. The Kier molecular flexibility index (Phi) is 4.84. The van der Waals surface area contributed by atoms with E-state index in [4.69, 9.17) is 9.15 Å². The minimum absolute atomic E-state index is 0.0700. The highest BCUT2D eigenvalue weighted by molar-refractivity contribution is 5.82. The lowest BCUT2D eigenvalue weighted by molar-refractivity contribution is 0.120. The second-order valence-corrected chi connectivity index (χ2v) is 6.16. The van der Waals surface area contributed by atoms with Gasteiger partial charge in [0.2, 0.25) is 0 Å². The lowest BCUT2D eigenvalue weighted by Gasteiger charge is -2.20. The van der Waals surface area contributed by atoms with Gasteiger partial charge in [-0.3, -0.25) is 0 Å². The number of fused-ring (bicyclic) bond motifs is 1. The molecule has 0 aliphatic rings. The lowest BCUT2D eigenvalue weighted by Crippen LogP contribution is -2.35. The molecule has 3 nitrogen and oxygen atoms in total. The first-order chi connectivity index (χ1) is 9.51. The van der Waals surface area contributed by atoms with Gasteiger partial charge in [0.25, 0.3) is 0 Å². The van der Waals surface area contributed by atoms with Gasteiger partial charge < -0.3 is 14.5 Å². The molecule has 0 bridgehead atoms. The maximum absolute atomic E-state index is 5.98. The van der Waals surface area contributed by atoms with Crippen molar-refractivity contribution < 1.29 is 9.15 Å². The fraction of sp³-hybridized carbons (Fsp3) is 0.529. The fourth-order valence-corrected chi connectivity index (χ4v) is 2.11. The van der Waals surface area contributed by atoms with Gasteiger partial charge >= 0.3 is 0 Å². The second-order valence-electron chi connectivity index (χ2n) is 6.16. The number of ether oxygens (including phenoxy) is 1. The van der Waals surface area contributed by atoms with Crippen molar-refractivity contribution in [1.29, 1.82) is 0 Å². The van der Waals surface area contributed by atoms with Gasteiger partial charge in [-0.15, -0.1) is 0 Å². The largest absolute Gasteiger partial charge is 0.459 e. The Morgan fingerprint density at radius 1 is 1.20 bits per heavy atom. The van der Waals surface area contributed by atoms with E-state index < -0.39 is 0 Å². The van der Waals surface area contributed by atoms with Crippen molar-refractivity contribution in [1.82, 2.24) is 5.32 Å².